The van der Waals surface area contributed by atoms with Gasteiger partial charge in [0.25, 0.3) is 0 Å². The van der Waals surface area contributed by atoms with Gasteiger partial charge >= 0.3 is 0 Å². The van der Waals surface area contributed by atoms with Gasteiger partial charge in [-0.15, -0.1) is 0 Å². The number of benzene rings is 1. The molecule has 1 aromatic carbocycles. The third-order valence-electron chi connectivity index (χ3n) is 3.43. The van der Waals surface area contributed by atoms with Crippen molar-refractivity contribution in [2.75, 3.05) is 13.6 Å². The maximum absolute atomic E-state index is 12.6. The molecular formula is C13H18N2O3S. The molecule has 1 unspecified atom stereocenters. The SMILES string of the molecule is CNC(=O)C1CCCN1S(=O)(=O)c1ccccc1C. The van der Waals surface area contributed by atoms with Crippen LogP contribution in [0.5, 0.6) is 0 Å². The minimum atomic E-state index is -3.60. The summed E-state index contributed by atoms with van der Waals surface area (Å²) in [6.07, 6.45) is 1.29. The number of likely N-dealkylation sites (N-methyl/N-ethyl adjacent to an activating group) is 1. The van der Waals surface area contributed by atoms with Gasteiger partial charge in [0.15, 0.2) is 0 Å². The number of hydrogen-bond donors (Lipinski definition) is 1. The van der Waals surface area contributed by atoms with Crippen molar-refractivity contribution in [3.63, 3.8) is 0 Å². The van der Waals surface area contributed by atoms with Crippen molar-refractivity contribution < 1.29 is 13.2 Å². The van der Waals surface area contributed by atoms with Crippen LogP contribution in [-0.4, -0.2) is 38.3 Å². The molecule has 1 saturated heterocycles. The molecule has 0 aliphatic carbocycles. The second kappa shape index (κ2) is 5.30. The molecule has 1 atom stereocenters. The summed E-state index contributed by atoms with van der Waals surface area (Å²) < 4.78 is 26.6. The minimum absolute atomic E-state index is 0.241. The first-order valence-electron chi connectivity index (χ1n) is 6.27. The van der Waals surface area contributed by atoms with Crippen LogP contribution < -0.4 is 5.32 Å². The van der Waals surface area contributed by atoms with Gasteiger partial charge < -0.3 is 5.32 Å². The van der Waals surface area contributed by atoms with E-state index in [0.717, 1.165) is 0 Å². The lowest BCUT2D eigenvalue weighted by atomic mass is 10.2. The Balaban J connectivity index is 2.40. The lowest BCUT2D eigenvalue weighted by Crippen LogP contribution is -2.44. The number of carbonyl (C=O) groups is 1. The summed E-state index contributed by atoms with van der Waals surface area (Å²) in [5, 5.41) is 2.53. The molecule has 0 saturated carbocycles. The number of nitrogens with one attached hydrogen (secondary N) is 1. The van der Waals surface area contributed by atoms with E-state index in [9.17, 15) is 13.2 Å². The van der Waals surface area contributed by atoms with E-state index in [1.807, 2.05) is 0 Å². The monoisotopic (exact) mass is 282 g/mol. The summed E-state index contributed by atoms with van der Waals surface area (Å²) in [5.41, 5.74) is 0.699. The molecule has 1 heterocycles. The van der Waals surface area contributed by atoms with Crippen LogP contribution in [0.25, 0.3) is 0 Å². The number of aryl methyl sites for hydroxylation is 1. The standard InChI is InChI=1S/C13H18N2O3S/c1-10-6-3-4-8-12(10)19(17,18)15-9-5-7-11(15)13(16)14-2/h3-4,6,8,11H,5,7,9H2,1-2H3,(H,14,16). The highest BCUT2D eigenvalue weighted by Gasteiger charge is 2.39. The number of nitrogens with zero attached hydrogens (tertiary/aromatic N) is 1. The van der Waals surface area contributed by atoms with Crippen LogP contribution in [-0.2, 0) is 14.8 Å². The molecule has 1 fully saturated rings. The summed E-state index contributed by atoms with van der Waals surface area (Å²) in [4.78, 5) is 12.1. The molecule has 1 aliphatic heterocycles. The summed E-state index contributed by atoms with van der Waals surface area (Å²) in [7, 11) is -2.07. The lowest BCUT2D eigenvalue weighted by Gasteiger charge is -2.23. The van der Waals surface area contributed by atoms with E-state index < -0.39 is 16.1 Å². The molecule has 2 rings (SSSR count). The Morgan fingerprint density at radius 1 is 1.37 bits per heavy atom. The Morgan fingerprint density at radius 2 is 2.05 bits per heavy atom. The summed E-state index contributed by atoms with van der Waals surface area (Å²) in [5.74, 6) is -0.241. The first kappa shape index (κ1) is 14.0. The predicted molar refractivity (Wildman–Crippen MR) is 72.2 cm³/mol. The van der Waals surface area contributed by atoms with E-state index in [2.05, 4.69) is 5.32 Å². The fourth-order valence-electron chi connectivity index (χ4n) is 2.43. The number of sulfonamides is 1. The molecule has 0 aromatic heterocycles. The molecule has 1 aromatic rings. The summed E-state index contributed by atoms with van der Waals surface area (Å²) in [6.45, 7) is 2.16. The van der Waals surface area contributed by atoms with Crippen molar-refractivity contribution in [2.24, 2.45) is 0 Å². The largest absolute Gasteiger partial charge is 0.358 e. The van der Waals surface area contributed by atoms with E-state index in [4.69, 9.17) is 0 Å². The van der Waals surface area contributed by atoms with Gasteiger partial charge in [0.05, 0.1) is 4.90 Å². The third-order valence-corrected chi connectivity index (χ3v) is 5.50. The fourth-order valence-corrected chi connectivity index (χ4v) is 4.31. The Labute approximate surface area is 113 Å². The van der Waals surface area contributed by atoms with E-state index in [0.29, 0.717) is 24.9 Å². The number of amides is 1. The predicted octanol–water partition coefficient (Wildman–Crippen LogP) is 0.894. The van der Waals surface area contributed by atoms with Crippen molar-refractivity contribution in [2.45, 2.75) is 30.7 Å². The van der Waals surface area contributed by atoms with Crippen LogP contribution in [0.3, 0.4) is 0 Å². The fraction of sp³-hybridized carbons (Fsp3) is 0.462. The van der Waals surface area contributed by atoms with Crippen molar-refractivity contribution >= 4 is 15.9 Å². The quantitative estimate of drug-likeness (QED) is 0.895. The average Bonchev–Trinajstić information content (AvgIpc) is 2.88. The van der Waals surface area contributed by atoms with Gasteiger partial charge in [0, 0.05) is 13.6 Å². The van der Waals surface area contributed by atoms with Gasteiger partial charge in [-0.1, -0.05) is 18.2 Å². The molecule has 104 valence electrons. The van der Waals surface area contributed by atoms with E-state index >= 15 is 0 Å². The van der Waals surface area contributed by atoms with Gasteiger partial charge in [-0.3, -0.25) is 4.79 Å². The highest BCUT2D eigenvalue weighted by Crippen LogP contribution is 2.27. The summed E-state index contributed by atoms with van der Waals surface area (Å²) in [6, 6.07) is 6.26. The van der Waals surface area contributed by atoms with Crippen molar-refractivity contribution in [3.8, 4) is 0 Å². The maximum atomic E-state index is 12.6. The van der Waals surface area contributed by atoms with E-state index in [1.165, 1.54) is 11.4 Å². The average molecular weight is 282 g/mol. The Morgan fingerprint density at radius 3 is 2.68 bits per heavy atom. The molecule has 5 nitrogen and oxygen atoms in total. The van der Waals surface area contributed by atoms with Gasteiger partial charge in [0.1, 0.15) is 6.04 Å². The van der Waals surface area contributed by atoms with Gasteiger partial charge in [-0.2, -0.15) is 4.31 Å². The number of hydrogen-bond acceptors (Lipinski definition) is 3. The van der Waals surface area contributed by atoms with Crippen LogP contribution in [0.1, 0.15) is 18.4 Å². The lowest BCUT2D eigenvalue weighted by molar-refractivity contribution is -0.123. The molecule has 0 bridgehead atoms. The molecule has 19 heavy (non-hydrogen) atoms. The molecule has 0 spiro atoms. The number of rotatable bonds is 3. The van der Waals surface area contributed by atoms with Crippen LogP contribution in [0.4, 0.5) is 0 Å². The van der Waals surface area contributed by atoms with Crippen LogP contribution >= 0.6 is 0 Å². The zero-order valence-electron chi connectivity index (χ0n) is 11.1. The maximum Gasteiger partial charge on any atom is 0.244 e. The molecule has 1 N–H and O–H groups in total. The third kappa shape index (κ3) is 2.50. The zero-order valence-corrected chi connectivity index (χ0v) is 11.9. The number of carbonyl (C=O) groups excluding carboxylic acids is 1. The second-order valence-electron chi connectivity index (χ2n) is 4.65. The Kier molecular flexibility index (Phi) is 3.91. The van der Waals surface area contributed by atoms with Crippen molar-refractivity contribution in [1.82, 2.24) is 9.62 Å². The normalized spacial score (nSPS) is 20.4. The highest BCUT2D eigenvalue weighted by molar-refractivity contribution is 7.89. The molecule has 6 heteroatoms. The molecule has 0 radical (unpaired) electrons. The molecular weight excluding hydrogens is 264 g/mol. The highest BCUT2D eigenvalue weighted by atomic mass is 32.2. The van der Waals surface area contributed by atoms with Gasteiger partial charge in [-0.05, 0) is 31.4 Å². The van der Waals surface area contributed by atoms with E-state index in [-0.39, 0.29) is 10.8 Å². The topological polar surface area (TPSA) is 66.5 Å². The first-order valence-corrected chi connectivity index (χ1v) is 7.71. The van der Waals surface area contributed by atoms with Crippen molar-refractivity contribution in [1.29, 1.82) is 0 Å². The van der Waals surface area contributed by atoms with Gasteiger partial charge in [0.2, 0.25) is 15.9 Å². The van der Waals surface area contributed by atoms with E-state index in [1.54, 1.807) is 31.2 Å². The first-order chi connectivity index (χ1) is 8.98. The van der Waals surface area contributed by atoms with Crippen LogP contribution in [0.2, 0.25) is 0 Å². The molecule has 1 amide bonds. The van der Waals surface area contributed by atoms with Crippen LogP contribution in [0.15, 0.2) is 29.2 Å². The smallest absolute Gasteiger partial charge is 0.244 e. The Hall–Kier alpha value is -1.40. The second-order valence-corrected chi connectivity index (χ2v) is 6.51. The van der Waals surface area contributed by atoms with Crippen molar-refractivity contribution in [3.05, 3.63) is 29.8 Å². The molecule has 1 aliphatic rings. The zero-order chi connectivity index (χ0) is 14.0. The minimum Gasteiger partial charge on any atom is -0.358 e. The van der Waals surface area contributed by atoms with Gasteiger partial charge in [-0.25, -0.2) is 8.42 Å². The van der Waals surface area contributed by atoms with Crippen LogP contribution in [0, 0.1) is 6.92 Å². The summed E-state index contributed by atoms with van der Waals surface area (Å²) >= 11 is 0. The Bertz CT molecular complexity index is 583.